The SMILES string of the molecule is CSc1nc(Cl)c2[nH]c(N)c(S(=O)(=O)c3ccccc3)c2n1. The van der Waals surface area contributed by atoms with Gasteiger partial charge in [0.25, 0.3) is 0 Å². The number of nitrogen functional groups attached to an aromatic ring is 1. The van der Waals surface area contributed by atoms with Crippen LogP contribution < -0.4 is 5.73 Å². The smallest absolute Gasteiger partial charge is 0.212 e. The topological polar surface area (TPSA) is 102 Å². The molecule has 2 heterocycles. The molecule has 0 spiro atoms. The minimum atomic E-state index is -3.81. The van der Waals surface area contributed by atoms with E-state index in [2.05, 4.69) is 15.0 Å². The molecule has 114 valence electrons. The number of anilines is 1. The molecule has 9 heteroatoms. The van der Waals surface area contributed by atoms with Gasteiger partial charge in [-0.15, -0.1) is 0 Å². The summed E-state index contributed by atoms with van der Waals surface area (Å²) in [5.41, 5.74) is 6.38. The van der Waals surface area contributed by atoms with Crippen molar-refractivity contribution < 1.29 is 8.42 Å². The van der Waals surface area contributed by atoms with Gasteiger partial charge in [0.2, 0.25) is 9.84 Å². The number of H-pyrrole nitrogens is 1. The molecular weight excluding hydrogens is 344 g/mol. The molecule has 3 N–H and O–H groups in total. The van der Waals surface area contributed by atoms with Crippen molar-refractivity contribution in [3.05, 3.63) is 35.5 Å². The second-order valence-corrected chi connectivity index (χ2v) is 7.43. The average molecular weight is 355 g/mol. The highest BCUT2D eigenvalue weighted by atomic mass is 35.5. The lowest BCUT2D eigenvalue weighted by atomic mass is 10.4. The largest absolute Gasteiger partial charge is 0.384 e. The predicted molar refractivity (Wildman–Crippen MR) is 87.0 cm³/mol. The number of aromatic nitrogens is 3. The van der Waals surface area contributed by atoms with E-state index in [0.717, 1.165) is 0 Å². The molecule has 0 aliphatic carbocycles. The van der Waals surface area contributed by atoms with Gasteiger partial charge in [-0.05, 0) is 18.4 Å². The third-order valence-corrected chi connectivity index (χ3v) is 5.73. The Morgan fingerprint density at radius 3 is 2.55 bits per heavy atom. The first kappa shape index (κ1) is 15.1. The lowest BCUT2D eigenvalue weighted by molar-refractivity contribution is 0.597. The molecule has 6 nitrogen and oxygen atoms in total. The minimum Gasteiger partial charge on any atom is -0.384 e. The van der Waals surface area contributed by atoms with Crippen molar-refractivity contribution in [3.8, 4) is 0 Å². The number of halogens is 1. The quantitative estimate of drug-likeness (QED) is 0.426. The Bertz CT molecular complexity index is 955. The Hall–Kier alpha value is -1.77. The van der Waals surface area contributed by atoms with Crippen molar-refractivity contribution in [2.75, 3.05) is 12.0 Å². The predicted octanol–water partition coefficient (Wildman–Crippen LogP) is 2.75. The highest BCUT2D eigenvalue weighted by molar-refractivity contribution is 7.98. The molecule has 0 radical (unpaired) electrons. The summed E-state index contributed by atoms with van der Waals surface area (Å²) in [7, 11) is -3.81. The molecule has 0 amide bonds. The van der Waals surface area contributed by atoms with Crippen LogP contribution in [0.25, 0.3) is 11.0 Å². The summed E-state index contributed by atoms with van der Waals surface area (Å²) < 4.78 is 25.7. The van der Waals surface area contributed by atoms with Gasteiger partial charge in [-0.1, -0.05) is 41.6 Å². The number of nitrogens with zero attached hydrogens (tertiary/aromatic N) is 2. The number of nitrogens with one attached hydrogen (secondary N) is 1. The van der Waals surface area contributed by atoms with Gasteiger partial charge < -0.3 is 10.7 Å². The lowest BCUT2D eigenvalue weighted by Gasteiger charge is -2.04. The van der Waals surface area contributed by atoms with Crippen LogP contribution in [0.2, 0.25) is 5.15 Å². The number of thioether (sulfide) groups is 1. The van der Waals surface area contributed by atoms with Gasteiger partial charge in [0.1, 0.15) is 21.7 Å². The summed E-state index contributed by atoms with van der Waals surface area (Å²) in [6, 6.07) is 8.04. The van der Waals surface area contributed by atoms with Gasteiger partial charge in [-0.2, -0.15) is 0 Å². The molecule has 3 aromatic rings. The first-order chi connectivity index (χ1) is 10.4. The van der Waals surface area contributed by atoms with E-state index in [1.165, 1.54) is 23.9 Å². The van der Waals surface area contributed by atoms with Gasteiger partial charge in [-0.25, -0.2) is 18.4 Å². The van der Waals surface area contributed by atoms with E-state index >= 15 is 0 Å². The number of sulfone groups is 1. The van der Waals surface area contributed by atoms with Crippen LogP contribution in [0.15, 0.2) is 45.3 Å². The summed E-state index contributed by atoms with van der Waals surface area (Å²) >= 11 is 7.34. The van der Waals surface area contributed by atoms with Crippen molar-refractivity contribution in [3.63, 3.8) is 0 Å². The molecule has 0 unspecified atom stereocenters. The normalized spacial score (nSPS) is 11.9. The number of fused-ring (bicyclic) bond motifs is 1. The molecule has 0 saturated carbocycles. The second kappa shape index (κ2) is 5.45. The van der Waals surface area contributed by atoms with Crippen molar-refractivity contribution in [2.24, 2.45) is 0 Å². The Morgan fingerprint density at radius 1 is 1.23 bits per heavy atom. The van der Waals surface area contributed by atoms with E-state index < -0.39 is 9.84 Å². The van der Waals surface area contributed by atoms with E-state index in [0.29, 0.717) is 10.7 Å². The van der Waals surface area contributed by atoms with Crippen molar-refractivity contribution in [2.45, 2.75) is 14.9 Å². The molecule has 0 saturated heterocycles. The van der Waals surface area contributed by atoms with Crippen LogP contribution in [0.4, 0.5) is 5.82 Å². The van der Waals surface area contributed by atoms with Gasteiger partial charge in [0.05, 0.1) is 4.90 Å². The van der Waals surface area contributed by atoms with Crippen molar-refractivity contribution >= 4 is 50.1 Å². The molecule has 0 aliphatic rings. The van der Waals surface area contributed by atoms with Crippen LogP contribution in [-0.4, -0.2) is 29.6 Å². The van der Waals surface area contributed by atoms with Crippen LogP contribution in [0.3, 0.4) is 0 Å². The van der Waals surface area contributed by atoms with Gasteiger partial charge >= 0.3 is 0 Å². The highest BCUT2D eigenvalue weighted by Crippen LogP contribution is 2.35. The van der Waals surface area contributed by atoms with Crippen LogP contribution in [0.5, 0.6) is 0 Å². The van der Waals surface area contributed by atoms with Gasteiger partial charge in [-0.3, -0.25) is 0 Å². The number of rotatable bonds is 3. The van der Waals surface area contributed by atoms with E-state index in [-0.39, 0.29) is 26.3 Å². The minimum absolute atomic E-state index is 0.00620. The molecule has 1 aromatic carbocycles. The Morgan fingerprint density at radius 2 is 1.91 bits per heavy atom. The maximum absolute atomic E-state index is 12.8. The Kier molecular flexibility index (Phi) is 3.75. The fourth-order valence-corrected chi connectivity index (χ4v) is 4.22. The number of nitrogens with two attached hydrogens (primary N) is 1. The number of aromatic amines is 1. The summed E-state index contributed by atoms with van der Waals surface area (Å²) in [6.45, 7) is 0. The van der Waals surface area contributed by atoms with Crippen LogP contribution >= 0.6 is 23.4 Å². The standard InChI is InChI=1S/C13H11ClN4O2S2/c1-21-13-17-8-9(11(14)18-13)16-12(15)10(8)22(19,20)7-5-3-2-4-6-7/h2-6,16H,15H2,1H3. The first-order valence-corrected chi connectivity index (χ1v) is 9.22. The molecular formula is C13H11ClN4O2S2. The van der Waals surface area contributed by atoms with Crippen molar-refractivity contribution in [1.82, 2.24) is 15.0 Å². The molecule has 3 rings (SSSR count). The average Bonchev–Trinajstić information content (AvgIpc) is 2.85. The lowest BCUT2D eigenvalue weighted by Crippen LogP contribution is -2.05. The molecule has 22 heavy (non-hydrogen) atoms. The van der Waals surface area contributed by atoms with Crippen molar-refractivity contribution in [1.29, 1.82) is 0 Å². The number of hydrogen-bond acceptors (Lipinski definition) is 6. The summed E-state index contributed by atoms with van der Waals surface area (Å²) in [6.07, 6.45) is 1.78. The summed E-state index contributed by atoms with van der Waals surface area (Å²) in [4.78, 5) is 11.1. The molecule has 2 aromatic heterocycles. The van der Waals surface area contributed by atoms with Crippen LogP contribution in [-0.2, 0) is 9.84 Å². The van der Waals surface area contributed by atoms with Crippen LogP contribution in [0.1, 0.15) is 0 Å². The monoisotopic (exact) mass is 354 g/mol. The fourth-order valence-electron chi connectivity index (χ4n) is 2.09. The number of hydrogen-bond donors (Lipinski definition) is 2. The molecule has 0 bridgehead atoms. The Balaban J connectivity index is 2.36. The molecule has 0 aliphatic heterocycles. The molecule has 0 atom stereocenters. The van der Waals surface area contributed by atoms with E-state index in [9.17, 15) is 8.42 Å². The maximum Gasteiger partial charge on any atom is 0.212 e. The fraction of sp³-hybridized carbons (Fsp3) is 0.0769. The molecule has 0 fully saturated rings. The van der Waals surface area contributed by atoms with E-state index in [1.807, 2.05) is 0 Å². The van der Waals surface area contributed by atoms with E-state index in [1.54, 1.807) is 24.5 Å². The second-order valence-electron chi connectivity index (χ2n) is 4.41. The summed E-state index contributed by atoms with van der Waals surface area (Å²) in [5, 5.41) is 0.511. The van der Waals surface area contributed by atoms with E-state index in [4.69, 9.17) is 17.3 Å². The zero-order valence-corrected chi connectivity index (χ0v) is 13.8. The third-order valence-electron chi connectivity index (χ3n) is 3.07. The first-order valence-electron chi connectivity index (χ1n) is 6.14. The van der Waals surface area contributed by atoms with Crippen LogP contribution in [0, 0.1) is 0 Å². The van der Waals surface area contributed by atoms with Gasteiger partial charge in [0, 0.05) is 0 Å². The zero-order valence-electron chi connectivity index (χ0n) is 11.4. The Labute approximate surface area is 136 Å². The highest BCUT2D eigenvalue weighted by Gasteiger charge is 2.27. The number of benzene rings is 1. The third kappa shape index (κ3) is 2.33. The van der Waals surface area contributed by atoms with Gasteiger partial charge in [0.15, 0.2) is 10.3 Å². The summed E-state index contributed by atoms with van der Waals surface area (Å²) in [5.74, 6) is -0.00620. The maximum atomic E-state index is 12.8. The zero-order chi connectivity index (χ0) is 15.9.